The average Bonchev–Trinajstić information content (AvgIpc) is 2.04. The third-order valence-electron chi connectivity index (χ3n) is 1.46. The summed E-state index contributed by atoms with van der Waals surface area (Å²) >= 11 is 0. The van der Waals surface area contributed by atoms with Gasteiger partial charge < -0.3 is 15.4 Å². The SMILES string of the molecule is CNc1ccc(C)nc1[N+](=O)[O-]. The number of nitrogens with zero attached hydrogens (tertiary/aromatic N) is 2. The molecule has 1 aromatic heterocycles. The highest BCUT2D eigenvalue weighted by Crippen LogP contribution is 2.20. The van der Waals surface area contributed by atoms with E-state index in [4.69, 9.17) is 0 Å². The van der Waals surface area contributed by atoms with E-state index in [0.29, 0.717) is 11.4 Å². The van der Waals surface area contributed by atoms with Crippen molar-refractivity contribution in [3.05, 3.63) is 27.9 Å². The van der Waals surface area contributed by atoms with E-state index in [-0.39, 0.29) is 5.82 Å². The van der Waals surface area contributed by atoms with Crippen LogP contribution in [-0.2, 0) is 0 Å². The van der Waals surface area contributed by atoms with Crippen molar-refractivity contribution in [2.75, 3.05) is 12.4 Å². The number of anilines is 1. The molecular formula is C7H9N3O2. The van der Waals surface area contributed by atoms with Crippen molar-refractivity contribution in [3.63, 3.8) is 0 Å². The fourth-order valence-corrected chi connectivity index (χ4v) is 0.877. The van der Waals surface area contributed by atoms with E-state index in [9.17, 15) is 10.1 Å². The minimum Gasteiger partial charge on any atom is -0.381 e. The Kier molecular flexibility index (Phi) is 2.23. The van der Waals surface area contributed by atoms with Crippen molar-refractivity contribution < 1.29 is 4.92 Å². The topological polar surface area (TPSA) is 68.1 Å². The second-order valence-corrected chi connectivity index (χ2v) is 2.33. The van der Waals surface area contributed by atoms with E-state index >= 15 is 0 Å². The second kappa shape index (κ2) is 3.17. The van der Waals surface area contributed by atoms with Crippen molar-refractivity contribution >= 4 is 11.5 Å². The molecule has 5 heteroatoms. The Bertz CT molecular complexity index is 312. The molecule has 0 saturated heterocycles. The van der Waals surface area contributed by atoms with Gasteiger partial charge in [0.2, 0.25) is 0 Å². The summed E-state index contributed by atoms with van der Waals surface area (Å²) in [5.74, 6) is -0.127. The normalized spacial score (nSPS) is 9.50. The van der Waals surface area contributed by atoms with Gasteiger partial charge in [0.05, 0.1) is 0 Å². The first kappa shape index (κ1) is 8.45. The van der Waals surface area contributed by atoms with Gasteiger partial charge in [-0.3, -0.25) is 0 Å². The summed E-state index contributed by atoms with van der Waals surface area (Å²) in [5.41, 5.74) is 1.08. The van der Waals surface area contributed by atoms with Crippen molar-refractivity contribution in [2.24, 2.45) is 0 Å². The number of aromatic nitrogens is 1. The molecule has 0 atom stereocenters. The molecule has 0 spiro atoms. The molecule has 1 aromatic rings. The molecule has 0 bridgehead atoms. The highest BCUT2D eigenvalue weighted by molar-refractivity contribution is 5.56. The largest absolute Gasteiger partial charge is 0.387 e. The lowest BCUT2D eigenvalue weighted by Gasteiger charge is -2.00. The molecule has 0 aliphatic rings. The molecule has 5 nitrogen and oxygen atoms in total. The first-order valence-electron chi connectivity index (χ1n) is 3.45. The van der Waals surface area contributed by atoms with Gasteiger partial charge in [0.25, 0.3) is 0 Å². The smallest absolute Gasteiger partial charge is 0.381 e. The zero-order valence-corrected chi connectivity index (χ0v) is 6.87. The zero-order valence-electron chi connectivity index (χ0n) is 6.87. The quantitative estimate of drug-likeness (QED) is 0.533. The number of hydrogen-bond donors (Lipinski definition) is 1. The van der Waals surface area contributed by atoms with Gasteiger partial charge in [0, 0.05) is 14.0 Å². The summed E-state index contributed by atoms with van der Waals surface area (Å²) in [4.78, 5) is 13.7. The van der Waals surface area contributed by atoms with Gasteiger partial charge in [-0.25, -0.2) is 0 Å². The van der Waals surface area contributed by atoms with E-state index < -0.39 is 4.92 Å². The maximum absolute atomic E-state index is 10.4. The maximum Gasteiger partial charge on any atom is 0.387 e. The molecular weight excluding hydrogens is 158 g/mol. The molecule has 0 amide bonds. The van der Waals surface area contributed by atoms with Crippen LogP contribution in [0.1, 0.15) is 5.69 Å². The van der Waals surface area contributed by atoms with Gasteiger partial charge in [-0.05, 0) is 22.0 Å². The highest BCUT2D eigenvalue weighted by atomic mass is 16.6. The number of hydrogen-bond acceptors (Lipinski definition) is 4. The van der Waals surface area contributed by atoms with Gasteiger partial charge in [-0.1, -0.05) is 0 Å². The first-order valence-corrected chi connectivity index (χ1v) is 3.45. The Labute approximate surface area is 69.6 Å². The Balaban J connectivity index is 3.21. The molecule has 0 unspecified atom stereocenters. The first-order chi connectivity index (χ1) is 5.65. The van der Waals surface area contributed by atoms with Crippen molar-refractivity contribution in [1.82, 2.24) is 4.98 Å². The predicted octanol–water partition coefficient (Wildman–Crippen LogP) is 1.34. The molecule has 0 radical (unpaired) electrons. The standard InChI is InChI=1S/C7H9N3O2/c1-5-3-4-6(8-2)7(9-5)10(11)12/h3-4,8H,1-2H3. The van der Waals surface area contributed by atoms with Crippen LogP contribution in [0.2, 0.25) is 0 Å². The number of rotatable bonds is 2. The Morgan fingerprint density at radius 2 is 2.25 bits per heavy atom. The molecule has 1 heterocycles. The maximum atomic E-state index is 10.4. The number of nitrogens with one attached hydrogen (secondary N) is 1. The van der Waals surface area contributed by atoms with Gasteiger partial charge in [0.15, 0.2) is 0 Å². The molecule has 1 N–H and O–H groups in total. The summed E-state index contributed by atoms with van der Waals surface area (Å²) in [6, 6.07) is 3.36. The molecule has 0 aliphatic carbocycles. The fourth-order valence-electron chi connectivity index (χ4n) is 0.877. The molecule has 0 fully saturated rings. The van der Waals surface area contributed by atoms with Crippen LogP contribution in [0.4, 0.5) is 11.5 Å². The summed E-state index contributed by atoms with van der Waals surface area (Å²) in [5, 5.41) is 13.1. The molecule has 0 saturated carbocycles. The van der Waals surface area contributed by atoms with Crippen LogP contribution >= 0.6 is 0 Å². The minimum absolute atomic E-state index is 0.127. The van der Waals surface area contributed by atoms with E-state index in [2.05, 4.69) is 10.3 Å². The molecule has 0 aromatic carbocycles. The van der Waals surface area contributed by atoms with Gasteiger partial charge >= 0.3 is 5.82 Å². The predicted molar refractivity (Wildman–Crippen MR) is 45.2 cm³/mol. The Morgan fingerprint density at radius 1 is 1.58 bits per heavy atom. The van der Waals surface area contributed by atoms with Crippen LogP contribution in [0.25, 0.3) is 0 Å². The second-order valence-electron chi connectivity index (χ2n) is 2.33. The molecule has 0 aliphatic heterocycles. The third-order valence-corrected chi connectivity index (χ3v) is 1.46. The lowest BCUT2D eigenvalue weighted by molar-refractivity contribution is -0.388. The van der Waals surface area contributed by atoms with Crippen molar-refractivity contribution in [3.8, 4) is 0 Å². The van der Waals surface area contributed by atoms with E-state index in [1.807, 2.05) is 0 Å². The third kappa shape index (κ3) is 1.50. The molecule has 64 valence electrons. The van der Waals surface area contributed by atoms with Crippen LogP contribution in [0.15, 0.2) is 12.1 Å². The van der Waals surface area contributed by atoms with E-state index in [0.717, 1.165) is 0 Å². The van der Waals surface area contributed by atoms with Crippen LogP contribution in [-0.4, -0.2) is 17.0 Å². The monoisotopic (exact) mass is 167 g/mol. The van der Waals surface area contributed by atoms with Gasteiger partial charge in [-0.2, -0.15) is 0 Å². The van der Waals surface area contributed by atoms with E-state index in [1.54, 1.807) is 26.1 Å². The average molecular weight is 167 g/mol. The number of pyridine rings is 1. The lowest BCUT2D eigenvalue weighted by Crippen LogP contribution is -1.99. The van der Waals surface area contributed by atoms with Gasteiger partial charge in [0.1, 0.15) is 11.4 Å². The van der Waals surface area contributed by atoms with Crippen LogP contribution in [0.5, 0.6) is 0 Å². The Morgan fingerprint density at radius 3 is 2.75 bits per heavy atom. The van der Waals surface area contributed by atoms with Crippen LogP contribution in [0.3, 0.4) is 0 Å². The summed E-state index contributed by atoms with van der Waals surface area (Å²) in [6.07, 6.45) is 0. The lowest BCUT2D eigenvalue weighted by atomic mass is 10.3. The Hall–Kier alpha value is -1.65. The summed E-state index contributed by atoms with van der Waals surface area (Å²) in [7, 11) is 1.62. The minimum atomic E-state index is -0.501. The zero-order chi connectivity index (χ0) is 9.14. The number of aryl methyl sites for hydroxylation is 1. The van der Waals surface area contributed by atoms with Crippen molar-refractivity contribution in [2.45, 2.75) is 6.92 Å². The fraction of sp³-hybridized carbons (Fsp3) is 0.286. The summed E-state index contributed by atoms with van der Waals surface area (Å²) in [6.45, 7) is 1.71. The highest BCUT2D eigenvalue weighted by Gasteiger charge is 2.13. The van der Waals surface area contributed by atoms with Gasteiger partial charge in [-0.15, -0.1) is 0 Å². The summed E-state index contributed by atoms with van der Waals surface area (Å²) < 4.78 is 0. The van der Waals surface area contributed by atoms with E-state index in [1.165, 1.54) is 0 Å². The molecule has 1 rings (SSSR count). The van der Waals surface area contributed by atoms with Crippen LogP contribution in [0, 0.1) is 17.0 Å². The number of nitro groups is 1. The van der Waals surface area contributed by atoms with Crippen LogP contribution < -0.4 is 5.32 Å². The van der Waals surface area contributed by atoms with Crippen molar-refractivity contribution in [1.29, 1.82) is 0 Å². The molecule has 12 heavy (non-hydrogen) atoms.